The van der Waals surface area contributed by atoms with Gasteiger partial charge in [-0.25, -0.2) is 4.98 Å². The molecular weight excluding hydrogens is 194 g/mol. The zero-order valence-electron chi connectivity index (χ0n) is 9.27. The van der Waals surface area contributed by atoms with E-state index in [0.717, 1.165) is 0 Å². The van der Waals surface area contributed by atoms with E-state index in [-0.39, 0.29) is 18.4 Å². The second-order valence-electron chi connectivity index (χ2n) is 3.95. The van der Waals surface area contributed by atoms with Crippen LogP contribution in [-0.4, -0.2) is 33.2 Å². The van der Waals surface area contributed by atoms with Gasteiger partial charge in [-0.2, -0.15) is 0 Å². The third-order valence-electron chi connectivity index (χ3n) is 2.18. The minimum absolute atomic E-state index is 0.133. The monoisotopic (exact) mass is 211 g/mol. The minimum atomic E-state index is -0.516. The molecule has 0 spiro atoms. The van der Waals surface area contributed by atoms with Gasteiger partial charge in [-0.15, -0.1) is 0 Å². The van der Waals surface area contributed by atoms with Gasteiger partial charge in [0.25, 0.3) is 5.91 Å². The third kappa shape index (κ3) is 3.36. The van der Waals surface area contributed by atoms with E-state index in [2.05, 4.69) is 10.3 Å². The largest absolute Gasteiger partial charge is 0.391 e. The van der Waals surface area contributed by atoms with E-state index in [1.54, 1.807) is 24.1 Å². The molecule has 1 aromatic rings. The lowest BCUT2D eigenvalue weighted by atomic mass is 10.1. The summed E-state index contributed by atoms with van der Waals surface area (Å²) in [5.41, 5.74) is 0.369. The molecule has 1 amide bonds. The van der Waals surface area contributed by atoms with Crippen LogP contribution in [0.1, 0.15) is 24.3 Å². The highest BCUT2D eigenvalue weighted by Crippen LogP contribution is 2.00. The number of aromatic nitrogens is 2. The first-order chi connectivity index (χ1) is 7.00. The molecule has 5 heteroatoms. The summed E-state index contributed by atoms with van der Waals surface area (Å²) in [5, 5.41) is 12.1. The molecule has 0 bridgehead atoms. The minimum Gasteiger partial charge on any atom is -0.391 e. The number of amides is 1. The first kappa shape index (κ1) is 11.7. The molecule has 15 heavy (non-hydrogen) atoms. The SMILES string of the molecule is CC(C)C(O)CNC(=O)c1cn(C)cn1. The van der Waals surface area contributed by atoms with E-state index in [0.29, 0.717) is 5.69 Å². The standard InChI is InChI=1S/C10H17N3O2/c1-7(2)9(14)4-11-10(15)8-5-13(3)6-12-8/h5-7,9,14H,4H2,1-3H3,(H,11,15). The van der Waals surface area contributed by atoms with Crippen molar-refractivity contribution in [1.29, 1.82) is 0 Å². The lowest BCUT2D eigenvalue weighted by molar-refractivity contribution is 0.0867. The number of carbonyl (C=O) groups excluding carboxylic acids is 1. The number of hydrogen-bond acceptors (Lipinski definition) is 3. The molecule has 0 aliphatic heterocycles. The average Bonchev–Trinajstić information content (AvgIpc) is 2.60. The van der Waals surface area contributed by atoms with Crippen molar-refractivity contribution in [2.75, 3.05) is 6.54 Å². The highest BCUT2D eigenvalue weighted by molar-refractivity contribution is 5.91. The van der Waals surface area contributed by atoms with Gasteiger partial charge < -0.3 is 15.0 Å². The molecule has 0 saturated heterocycles. The maximum absolute atomic E-state index is 11.5. The van der Waals surface area contributed by atoms with Gasteiger partial charge in [0.1, 0.15) is 5.69 Å². The number of imidazole rings is 1. The summed E-state index contributed by atoms with van der Waals surface area (Å²) in [6, 6.07) is 0. The Labute approximate surface area is 89.1 Å². The number of rotatable bonds is 4. The second-order valence-corrected chi connectivity index (χ2v) is 3.95. The lowest BCUT2D eigenvalue weighted by Crippen LogP contribution is -2.34. The number of aliphatic hydroxyl groups is 1. The maximum Gasteiger partial charge on any atom is 0.271 e. The summed E-state index contributed by atoms with van der Waals surface area (Å²) in [5.74, 6) is -0.121. The smallest absolute Gasteiger partial charge is 0.271 e. The molecule has 0 fully saturated rings. The van der Waals surface area contributed by atoms with Crippen LogP contribution >= 0.6 is 0 Å². The summed E-state index contributed by atoms with van der Waals surface area (Å²) in [7, 11) is 1.80. The summed E-state index contributed by atoms with van der Waals surface area (Å²) < 4.78 is 1.70. The van der Waals surface area contributed by atoms with Crippen LogP contribution in [0.15, 0.2) is 12.5 Å². The third-order valence-corrected chi connectivity index (χ3v) is 2.18. The number of nitrogens with one attached hydrogen (secondary N) is 1. The van der Waals surface area contributed by atoms with E-state index < -0.39 is 6.10 Å². The van der Waals surface area contributed by atoms with Crippen LogP contribution in [0, 0.1) is 5.92 Å². The zero-order chi connectivity index (χ0) is 11.4. The molecule has 0 aliphatic carbocycles. The molecule has 0 aromatic carbocycles. The van der Waals surface area contributed by atoms with Crippen molar-refractivity contribution in [3.8, 4) is 0 Å². The Morgan fingerprint density at radius 2 is 2.33 bits per heavy atom. The van der Waals surface area contributed by atoms with Crippen LogP contribution in [0.3, 0.4) is 0 Å². The molecule has 0 radical (unpaired) electrons. The van der Waals surface area contributed by atoms with Crippen LogP contribution < -0.4 is 5.32 Å². The van der Waals surface area contributed by atoms with Gasteiger partial charge in [-0.3, -0.25) is 4.79 Å². The van der Waals surface area contributed by atoms with Crippen molar-refractivity contribution in [3.05, 3.63) is 18.2 Å². The molecule has 1 aromatic heterocycles. The Morgan fingerprint density at radius 1 is 1.67 bits per heavy atom. The summed E-state index contributed by atoms with van der Waals surface area (Å²) in [6.07, 6.45) is 2.68. The Morgan fingerprint density at radius 3 is 2.80 bits per heavy atom. The van der Waals surface area contributed by atoms with E-state index in [1.807, 2.05) is 13.8 Å². The van der Waals surface area contributed by atoms with E-state index in [4.69, 9.17) is 0 Å². The highest BCUT2D eigenvalue weighted by atomic mass is 16.3. The van der Waals surface area contributed by atoms with E-state index in [1.165, 1.54) is 0 Å². The Kier molecular flexibility index (Phi) is 3.85. The number of hydrogen-bond donors (Lipinski definition) is 2. The maximum atomic E-state index is 11.5. The quantitative estimate of drug-likeness (QED) is 0.746. The fourth-order valence-electron chi connectivity index (χ4n) is 1.05. The van der Waals surface area contributed by atoms with Crippen LogP contribution in [-0.2, 0) is 7.05 Å². The Hall–Kier alpha value is -1.36. The Balaban J connectivity index is 2.43. The first-order valence-corrected chi connectivity index (χ1v) is 4.95. The molecule has 1 heterocycles. The molecule has 1 atom stereocenters. The molecule has 2 N–H and O–H groups in total. The average molecular weight is 211 g/mol. The van der Waals surface area contributed by atoms with Crippen molar-refractivity contribution in [3.63, 3.8) is 0 Å². The van der Waals surface area contributed by atoms with Gasteiger partial charge in [-0.05, 0) is 5.92 Å². The fraction of sp³-hybridized carbons (Fsp3) is 0.600. The van der Waals surface area contributed by atoms with Crippen molar-refractivity contribution >= 4 is 5.91 Å². The Bertz CT molecular complexity index is 333. The van der Waals surface area contributed by atoms with Crippen molar-refractivity contribution < 1.29 is 9.90 Å². The number of carbonyl (C=O) groups is 1. The second kappa shape index (κ2) is 4.93. The zero-order valence-corrected chi connectivity index (χ0v) is 9.27. The number of aryl methyl sites for hydroxylation is 1. The van der Waals surface area contributed by atoms with Crippen molar-refractivity contribution in [2.24, 2.45) is 13.0 Å². The predicted octanol–water partition coefficient (Wildman–Crippen LogP) is 0.167. The predicted molar refractivity (Wildman–Crippen MR) is 56.4 cm³/mol. The van der Waals surface area contributed by atoms with Crippen LogP contribution in [0.25, 0.3) is 0 Å². The first-order valence-electron chi connectivity index (χ1n) is 4.95. The molecule has 84 valence electrons. The molecule has 0 aliphatic rings. The summed E-state index contributed by atoms with van der Waals surface area (Å²) in [6.45, 7) is 4.06. The van der Waals surface area contributed by atoms with Gasteiger partial charge in [-0.1, -0.05) is 13.8 Å². The molecule has 1 rings (SSSR count). The number of nitrogens with zero attached hydrogens (tertiary/aromatic N) is 2. The van der Waals surface area contributed by atoms with Gasteiger partial charge in [0, 0.05) is 19.8 Å². The topological polar surface area (TPSA) is 67.2 Å². The van der Waals surface area contributed by atoms with Gasteiger partial charge in [0.2, 0.25) is 0 Å². The van der Waals surface area contributed by atoms with Gasteiger partial charge in [0.05, 0.1) is 12.4 Å². The van der Waals surface area contributed by atoms with E-state index in [9.17, 15) is 9.90 Å². The van der Waals surface area contributed by atoms with Crippen molar-refractivity contribution in [1.82, 2.24) is 14.9 Å². The van der Waals surface area contributed by atoms with Gasteiger partial charge in [0.15, 0.2) is 0 Å². The van der Waals surface area contributed by atoms with Crippen molar-refractivity contribution in [2.45, 2.75) is 20.0 Å². The van der Waals surface area contributed by atoms with Crippen LogP contribution in [0.4, 0.5) is 0 Å². The van der Waals surface area contributed by atoms with Crippen LogP contribution in [0.5, 0.6) is 0 Å². The fourth-order valence-corrected chi connectivity index (χ4v) is 1.05. The normalized spacial score (nSPS) is 12.9. The molecule has 1 unspecified atom stereocenters. The highest BCUT2D eigenvalue weighted by Gasteiger charge is 2.12. The lowest BCUT2D eigenvalue weighted by Gasteiger charge is -2.14. The summed E-state index contributed by atoms with van der Waals surface area (Å²) in [4.78, 5) is 15.4. The van der Waals surface area contributed by atoms with Crippen LogP contribution in [0.2, 0.25) is 0 Å². The van der Waals surface area contributed by atoms with E-state index >= 15 is 0 Å². The van der Waals surface area contributed by atoms with Gasteiger partial charge >= 0.3 is 0 Å². The molecule has 0 saturated carbocycles. The number of aliphatic hydroxyl groups excluding tert-OH is 1. The molecule has 5 nitrogen and oxygen atoms in total. The molecular formula is C10H17N3O2. The summed E-state index contributed by atoms with van der Waals surface area (Å²) >= 11 is 0.